The summed E-state index contributed by atoms with van der Waals surface area (Å²) in [6, 6.07) is 5.40. The summed E-state index contributed by atoms with van der Waals surface area (Å²) in [5, 5.41) is 9.95. The number of rotatable bonds is 3. The first-order valence-corrected chi connectivity index (χ1v) is 10.3. The highest BCUT2D eigenvalue weighted by molar-refractivity contribution is 6.31. The Hall–Kier alpha value is -2.28. The fourth-order valence-electron chi connectivity index (χ4n) is 4.38. The molecule has 3 aliphatic rings. The summed E-state index contributed by atoms with van der Waals surface area (Å²) in [5.41, 5.74) is 0.527. The van der Waals surface area contributed by atoms with E-state index in [9.17, 15) is 14.4 Å². The molecule has 2 aliphatic heterocycles. The topological polar surface area (TPSA) is 90.5 Å². The van der Waals surface area contributed by atoms with E-state index in [0.29, 0.717) is 35.7 Å². The minimum absolute atomic E-state index is 0.0589. The molecule has 8 heteroatoms. The summed E-state index contributed by atoms with van der Waals surface area (Å²) in [4.78, 5) is 39.1. The Bertz CT molecular complexity index is 809. The normalized spacial score (nSPS) is 25.1. The quantitative estimate of drug-likeness (QED) is 0.720. The number of benzene rings is 1. The molecule has 3 amide bonds. The highest BCUT2D eigenvalue weighted by Gasteiger charge is 2.40. The lowest BCUT2D eigenvalue weighted by atomic mass is 9.95. The van der Waals surface area contributed by atoms with Gasteiger partial charge in [-0.15, -0.1) is 0 Å². The number of halogens is 1. The molecule has 28 heavy (non-hydrogen) atoms. The molecule has 150 valence electrons. The molecule has 1 aromatic rings. The summed E-state index contributed by atoms with van der Waals surface area (Å²) >= 11 is 6.00. The number of hydrogen-bond donors (Lipinski definition) is 3. The summed E-state index contributed by atoms with van der Waals surface area (Å²) in [7, 11) is 0. The molecular formula is C20H25ClN4O3. The molecule has 1 spiro atoms. The maximum Gasteiger partial charge on any atom is 0.255 e. The SMILES string of the molecule is O=C(CN1CC[C@]2(CCC1=O)NC(=O)c1cc(Cl)ccc1N2)NC1CCCC1. The third-order valence-electron chi connectivity index (χ3n) is 5.93. The highest BCUT2D eigenvalue weighted by Crippen LogP contribution is 2.33. The summed E-state index contributed by atoms with van der Waals surface area (Å²) in [6.45, 7) is 0.485. The van der Waals surface area contributed by atoms with E-state index in [1.54, 1.807) is 23.1 Å². The zero-order valence-electron chi connectivity index (χ0n) is 15.7. The van der Waals surface area contributed by atoms with E-state index in [1.165, 1.54) is 0 Å². The van der Waals surface area contributed by atoms with Crippen molar-refractivity contribution in [2.24, 2.45) is 0 Å². The first-order valence-electron chi connectivity index (χ1n) is 9.91. The predicted molar refractivity (Wildman–Crippen MR) is 106 cm³/mol. The van der Waals surface area contributed by atoms with Crippen molar-refractivity contribution in [1.29, 1.82) is 0 Å². The number of carbonyl (C=O) groups is 3. The van der Waals surface area contributed by atoms with Crippen LogP contribution in [0.1, 0.15) is 55.3 Å². The molecule has 0 unspecified atom stereocenters. The molecule has 1 aromatic carbocycles. The third kappa shape index (κ3) is 3.94. The first kappa shape index (κ1) is 19.1. The summed E-state index contributed by atoms with van der Waals surface area (Å²) in [6.07, 6.45) is 5.60. The molecule has 0 bridgehead atoms. The minimum Gasteiger partial charge on any atom is -0.362 e. The van der Waals surface area contributed by atoms with Gasteiger partial charge in [-0.1, -0.05) is 24.4 Å². The van der Waals surface area contributed by atoms with Gasteiger partial charge < -0.3 is 20.9 Å². The van der Waals surface area contributed by atoms with Gasteiger partial charge in [-0.3, -0.25) is 14.4 Å². The van der Waals surface area contributed by atoms with Gasteiger partial charge in [-0.25, -0.2) is 0 Å². The molecule has 0 radical (unpaired) electrons. The van der Waals surface area contributed by atoms with Crippen LogP contribution in [0.25, 0.3) is 0 Å². The van der Waals surface area contributed by atoms with Crippen LogP contribution in [0.2, 0.25) is 5.02 Å². The van der Waals surface area contributed by atoms with E-state index >= 15 is 0 Å². The van der Waals surface area contributed by atoms with Crippen LogP contribution in [-0.4, -0.2) is 47.4 Å². The molecule has 4 rings (SSSR count). The van der Waals surface area contributed by atoms with Crippen LogP contribution in [0.5, 0.6) is 0 Å². The van der Waals surface area contributed by atoms with Crippen LogP contribution in [0.15, 0.2) is 18.2 Å². The van der Waals surface area contributed by atoms with Crippen molar-refractivity contribution >= 4 is 35.0 Å². The number of nitrogens with one attached hydrogen (secondary N) is 3. The Kier molecular flexibility index (Phi) is 5.19. The molecule has 1 saturated carbocycles. The second kappa shape index (κ2) is 7.62. The van der Waals surface area contributed by atoms with Gasteiger partial charge in [-0.2, -0.15) is 0 Å². The number of anilines is 1. The minimum atomic E-state index is -0.690. The van der Waals surface area contributed by atoms with E-state index < -0.39 is 5.66 Å². The van der Waals surface area contributed by atoms with Crippen molar-refractivity contribution in [2.45, 2.75) is 56.7 Å². The van der Waals surface area contributed by atoms with Gasteiger partial charge in [0.05, 0.1) is 12.1 Å². The van der Waals surface area contributed by atoms with Gasteiger partial charge in [0.1, 0.15) is 5.66 Å². The average molecular weight is 405 g/mol. The van der Waals surface area contributed by atoms with Crippen molar-refractivity contribution in [3.63, 3.8) is 0 Å². The van der Waals surface area contributed by atoms with Gasteiger partial charge in [0.15, 0.2) is 0 Å². The van der Waals surface area contributed by atoms with E-state index in [-0.39, 0.29) is 36.7 Å². The average Bonchev–Trinajstić information content (AvgIpc) is 3.12. The lowest BCUT2D eigenvalue weighted by Gasteiger charge is -2.40. The molecule has 1 saturated heterocycles. The fourth-order valence-corrected chi connectivity index (χ4v) is 4.55. The second-order valence-corrected chi connectivity index (χ2v) is 8.40. The number of carbonyl (C=O) groups excluding carboxylic acids is 3. The van der Waals surface area contributed by atoms with Crippen LogP contribution in [0.3, 0.4) is 0 Å². The van der Waals surface area contributed by atoms with Crippen molar-refractivity contribution in [3.05, 3.63) is 28.8 Å². The van der Waals surface area contributed by atoms with Crippen molar-refractivity contribution in [2.75, 3.05) is 18.4 Å². The van der Waals surface area contributed by atoms with E-state index in [4.69, 9.17) is 11.6 Å². The zero-order chi connectivity index (χ0) is 19.7. The molecule has 1 aliphatic carbocycles. The Morgan fingerprint density at radius 2 is 2.00 bits per heavy atom. The maximum atomic E-state index is 12.6. The Labute approximate surface area is 169 Å². The zero-order valence-corrected chi connectivity index (χ0v) is 16.5. The van der Waals surface area contributed by atoms with Gasteiger partial charge in [0, 0.05) is 36.1 Å². The van der Waals surface area contributed by atoms with Crippen LogP contribution < -0.4 is 16.0 Å². The number of amides is 3. The molecule has 2 heterocycles. The Morgan fingerprint density at radius 3 is 2.79 bits per heavy atom. The number of fused-ring (bicyclic) bond motifs is 1. The van der Waals surface area contributed by atoms with Crippen molar-refractivity contribution in [1.82, 2.24) is 15.5 Å². The van der Waals surface area contributed by atoms with Crippen LogP contribution >= 0.6 is 11.6 Å². The van der Waals surface area contributed by atoms with Crippen LogP contribution in [0, 0.1) is 0 Å². The van der Waals surface area contributed by atoms with Gasteiger partial charge in [-0.05, 0) is 37.5 Å². The van der Waals surface area contributed by atoms with Crippen LogP contribution in [-0.2, 0) is 9.59 Å². The van der Waals surface area contributed by atoms with Gasteiger partial charge in [0.25, 0.3) is 5.91 Å². The lowest BCUT2D eigenvalue weighted by Crippen LogP contribution is -2.58. The van der Waals surface area contributed by atoms with Crippen LogP contribution in [0.4, 0.5) is 5.69 Å². The third-order valence-corrected chi connectivity index (χ3v) is 6.17. The maximum absolute atomic E-state index is 12.6. The standard InChI is InChI=1S/C20H25ClN4O3/c21-13-5-6-16-15(11-13)19(28)24-20(23-16)8-7-18(27)25(10-9-20)12-17(26)22-14-3-1-2-4-14/h5-6,11,14,23H,1-4,7-10,12H2,(H,22,26)(H,24,28)/t20-/m0/s1. The van der Waals surface area contributed by atoms with E-state index in [2.05, 4.69) is 16.0 Å². The highest BCUT2D eigenvalue weighted by atomic mass is 35.5. The molecule has 7 nitrogen and oxygen atoms in total. The summed E-state index contributed by atoms with van der Waals surface area (Å²) < 4.78 is 0. The predicted octanol–water partition coefficient (Wildman–Crippen LogP) is 2.26. The monoisotopic (exact) mass is 404 g/mol. The van der Waals surface area contributed by atoms with Gasteiger partial charge >= 0.3 is 0 Å². The Morgan fingerprint density at radius 1 is 1.21 bits per heavy atom. The first-order chi connectivity index (χ1) is 13.4. The second-order valence-electron chi connectivity index (χ2n) is 7.97. The number of likely N-dealkylation sites (tertiary alicyclic amines) is 1. The largest absolute Gasteiger partial charge is 0.362 e. The number of hydrogen-bond acceptors (Lipinski definition) is 4. The Balaban J connectivity index is 1.42. The smallest absolute Gasteiger partial charge is 0.255 e. The van der Waals surface area contributed by atoms with E-state index in [0.717, 1.165) is 25.7 Å². The number of nitrogens with zero attached hydrogens (tertiary/aromatic N) is 1. The fraction of sp³-hybridized carbons (Fsp3) is 0.550. The van der Waals surface area contributed by atoms with Crippen molar-refractivity contribution in [3.8, 4) is 0 Å². The summed E-state index contributed by atoms with van der Waals surface area (Å²) in [5.74, 6) is -0.357. The molecular weight excluding hydrogens is 380 g/mol. The van der Waals surface area contributed by atoms with E-state index in [1.807, 2.05) is 0 Å². The lowest BCUT2D eigenvalue weighted by molar-refractivity contribution is -0.135. The van der Waals surface area contributed by atoms with Gasteiger partial charge in [0.2, 0.25) is 11.8 Å². The molecule has 2 fully saturated rings. The molecule has 1 atom stereocenters. The van der Waals surface area contributed by atoms with Crippen molar-refractivity contribution < 1.29 is 14.4 Å². The molecule has 0 aromatic heterocycles. The molecule has 3 N–H and O–H groups in total.